The Labute approximate surface area is 81.2 Å². The average Bonchev–Trinajstić information content (AvgIpc) is 2.18. The van der Waals surface area contributed by atoms with Crippen LogP contribution >= 0.6 is 0 Å². The van der Waals surface area contributed by atoms with Gasteiger partial charge in [-0.15, -0.1) is 0 Å². The van der Waals surface area contributed by atoms with E-state index in [0.717, 1.165) is 12.1 Å². The van der Waals surface area contributed by atoms with Gasteiger partial charge in [-0.1, -0.05) is 39.2 Å². The highest BCUT2D eigenvalue weighted by atomic mass is 14.6. The summed E-state index contributed by atoms with van der Waals surface area (Å²) >= 11 is 0. The van der Waals surface area contributed by atoms with Crippen molar-refractivity contribution in [2.24, 2.45) is 0 Å². The van der Waals surface area contributed by atoms with Gasteiger partial charge in [0.1, 0.15) is 5.69 Å². The lowest BCUT2D eigenvalue weighted by atomic mass is 10.3. The van der Waals surface area contributed by atoms with Crippen molar-refractivity contribution in [3.8, 4) is 11.8 Å². The minimum Gasteiger partial charge on any atom is -0.248 e. The van der Waals surface area contributed by atoms with Crippen molar-refractivity contribution in [3.63, 3.8) is 0 Å². The van der Waals surface area contributed by atoms with Gasteiger partial charge in [-0.25, -0.2) is 4.98 Å². The number of aromatic nitrogens is 1. The minimum absolute atomic E-state index is 0.851. The maximum absolute atomic E-state index is 4.04. The smallest absolute Gasteiger partial charge is 0.113 e. The summed E-state index contributed by atoms with van der Waals surface area (Å²) in [5.41, 5.74) is 0.851. The SMILES string of the molecule is CCC.CCC#Cc1ccccn1. The van der Waals surface area contributed by atoms with E-state index in [1.54, 1.807) is 6.20 Å². The third-order valence-corrected chi connectivity index (χ3v) is 1.06. The zero-order chi connectivity index (χ0) is 9.94. The molecule has 1 heterocycles. The molecule has 0 aliphatic heterocycles. The van der Waals surface area contributed by atoms with Gasteiger partial charge in [-0.05, 0) is 18.1 Å². The number of nitrogens with zero attached hydrogens (tertiary/aromatic N) is 1. The molecule has 1 nitrogen and oxygen atoms in total. The first-order valence-corrected chi connectivity index (χ1v) is 4.75. The summed E-state index contributed by atoms with van der Waals surface area (Å²) in [5, 5.41) is 0. The average molecular weight is 175 g/mol. The predicted octanol–water partition coefficient (Wildman–Crippen LogP) is 3.26. The molecule has 0 aromatic carbocycles. The maximum atomic E-state index is 4.04. The topological polar surface area (TPSA) is 12.9 Å². The van der Waals surface area contributed by atoms with Gasteiger partial charge in [0.15, 0.2) is 0 Å². The summed E-state index contributed by atoms with van der Waals surface area (Å²) in [7, 11) is 0. The molecule has 0 aliphatic carbocycles. The van der Waals surface area contributed by atoms with E-state index in [0.29, 0.717) is 0 Å². The van der Waals surface area contributed by atoms with Crippen LogP contribution in [0.15, 0.2) is 24.4 Å². The fourth-order valence-electron chi connectivity index (χ4n) is 0.616. The fraction of sp³-hybridized carbons (Fsp3) is 0.417. The molecule has 0 saturated carbocycles. The normalized spacial score (nSPS) is 7.62. The van der Waals surface area contributed by atoms with Crippen LogP contribution in [0.1, 0.15) is 39.3 Å². The molecule has 0 bridgehead atoms. The van der Waals surface area contributed by atoms with Crippen molar-refractivity contribution < 1.29 is 0 Å². The lowest BCUT2D eigenvalue weighted by molar-refractivity contribution is 1.09. The van der Waals surface area contributed by atoms with Gasteiger partial charge in [0.25, 0.3) is 0 Å². The highest BCUT2D eigenvalue weighted by Gasteiger charge is 1.80. The first-order chi connectivity index (χ1) is 6.35. The molecule has 0 amide bonds. The summed E-state index contributed by atoms with van der Waals surface area (Å²) in [4.78, 5) is 4.04. The number of hydrogen-bond donors (Lipinski definition) is 0. The van der Waals surface area contributed by atoms with Crippen LogP contribution in [0.25, 0.3) is 0 Å². The standard InChI is InChI=1S/C9H9N.C3H8/c1-2-3-6-9-7-4-5-8-10-9;1-3-2/h4-5,7-8H,2H2,1H3;3H2,1-2H3. The highest BCUT2D eigenvalue weighted by Crippen LogP contribution is 1.88. The Morgan fingerprint density at radius 3 is 2.38 bits per heavy atom. The molecule has 1 aromatic heterocycles. The molecule has 13 heavy (non-hydrogen) atoms. The Morgan fingerprint density at radius 1 is 1.23 bits per heavy atom. The van der Waals surface area contributed by atoms with Gasteiger partial charge in [0.05, 0.1) is 0 Å². The molecule has 0 atom stereocenters. The van der Waals surface area contributed by atoms with Crippen molar-refractivity contribution in [3.05, 3.63) is 30.1 Å². The Morgan fingerprint density at radius 2 is 1.92 bits per heavy atom. The first-order valence-electron chi connectivity index (χ1n) is 4.75. The van der Waals surface area contributed by atoms with E-state index in [-0.39, 0.29) is 0 Å². The second kappa shape index (κ2) is 8.80. The van der Waals surface area contributed by atoms with Gasteiger partial charge < -0.3 is 0 Å². The Hall–Kier alpha value is -1.29. The van der Waals surface area contributed by atoms with E-state index >= 15 is 0 Å². The summed E-state index contributed by atoms with van der Waals surface area (Å²) < 4.78 is 0. The fourth-order valence-corrected chi connectivity index (χ4v) is 0.616. The van der Waals surface area contributed by atoms with Crippen LogP contribution in [0.5, 0.6) is 0 Å². The Bertz CT molecular complexity index is 253. The van der Waals surface area contributed by atoms with Gasteiger partial charge in [-0.3, -0.25) is 0 Å². The van der Waals surface area contributed by atoms with Gasteiger partial charge in [0, 0.05) is 12.6 Å². The third kappa shape index (κ3) is 7.08. The molecule has 1 heteroatoms. The van der Waals surface area contributed by atoms with Crippen molar-refractivity contribution in [1.29, 1.82) is 0 Å². The first kappa shape index (κ1) is 11.7. The van der Waals surface area contributed by atoms with E-state index in [1.807, 2.05) is 25.1 Å². The second-order valence-corrected chi connectivity index (χ2v) is 2.58. The van der Waals surface area contributed by atoms with E-state index in [2.05, 4.69) is 30.7 Å². The molecule has 0 fully saturated rings. The molecular weight excluding hydrogens is 158 g/mol. The monoisotopic (exact) mass is 175 g/mol. The van der Waals surface area contributed by atoms with Crippen LogP contribution < -0.4 is 0 Å². The molecule has 0 unspecified atom stereocenters. The maximum Gasteiger partial charge on any atom is 0.113 e. The van der Waals surface area contributed by atoms with E-state index < -0.39 is 0 Å². The summed E-state index contributed by atoms with van der Waals surface area (Å²) in [5.74, 6) is 5.89. The van der Waals surface area contributed by atoms with Crippen molar-refractivity contribution in [2.75, 3.05) is 0 Å². The molecule has 0 saturated heterocycles. The van der Waals surface area contributed by atoms with Crippen molar-refractivity contribution in [1.82, 2.24) is 4.98 Å². The molecule has 1 aromatic rings. The van der Waals surface area contributed by atoms with Crippen LogP contribution in [0, 0.1) is 11.8 Å². The summed E-state index contributed by atoms with van der Waals surface area (Å²) in [6, 6.07) is 5.73. The molecule has 1 rings (SSSR count). The molecule has 0 N–H and O–H groups in total. The van der Waals surface area contributed by atoms with E-state index in [4.69, 9.17) is 0 Å². The van der Waals surface area contributed by atoms with Crippen molar-refractivity contribution in [2.45, 2.75) is 33.6 Å². The van der Waals surface area contributed by atoms with Gasteiger partial charge in [0.2, 0.25) is 0 Å². The summed E-state index contributed by atoms with van der Waals surface area (Å²) in [6.07, 6.45) is 3.89. The van der Waals surface area contributed by atoms with Crippen LogP contribution in [0.2, 0.25) is 0 Å². The zero-order valence-electron chi connectivity index (χ0n) is 8.67. The lowest BCUT2D eigenvalue weighted by Crippen LogP contribution is -1.77. The highest BCUT2D eigenvalue weighted by molar-refractivity contribution is 5.26. The van der Waals surface area contributed by atoms with Gasteiger partial charge in [-0.2, -0.15) is 0 Å². The Balaban J connectivity index is 0.000000424. The lowest BCUT2D eigenvalue weighted by Gasteiger charge is -1.83. The van der Waals surface area contributed by atoms with Crippen LogP contribution in [0.4, 0.5) is 0 Å². The zero-order valence-corrected chi connectivity index (χ0v) is 8.67. The van der Waals surface area contributed by atoms with Gasteiger partial charge >= 0.3 is 0 Å². The predicted molar refractivity (Wildman–Crippen MR) is 57.4 cm³/mol. The molecular formula is C12H17N. The van der Waals surface area contributed by atoms with Crippen LogP contribution in [-0.4, -0.2) is 4.98 Å². The number of rotatable bonds is 0. The molecule has 0 aliphatic rings. The quantitative estimate of drug-likeness (QED) is 0.551. The minimum atomic E-state index is 0.851. The third-order valence-electron chi connectivity index (χ3n) is 1.06. The molecule has 70 valence electrons. The molecule has 0 radical (unpaired) electrons. The van der Waals surface area contributed by atoms with Crippen molar-refractivity contribution >= 4 is 0 Å². The summed E-state index contributed by atoms with van der Waals surface area (Å²) in [6.45, 7) is 6.27. The Kier molecular flexibility index (Phi) is 7.93. The number of pyridine rings is 1. The second-order valence-electron chi connectivity index (χ2n) is 2.58. The molecule has 0 spiro atoms. The largest absolute Gasteiger partial charge is 0.248 e. The van der Waals surface area contributed by atoms with E-state index in [9.17, 15) is 0 Å². The van der Waals surface area contributed by atoms with Crippen LogP contribution in [-0.2, 0) is 0 Å². The number of hydrogen-bond acceptors (Lipinski definition) is 1. The van der Waals surface area contributed by atoms with Crippen LogP contribution in [0.3, 0.4) is 0 Å². The van der Waals surface area contributed by atoms with E-state index in [1.165, 1.54) is 6.42 Å².